The predicted octanol–water partition coefficient (Wildman–Crippen LogP) is 2.27. The van der Waals surface area contributed by atoms with E-state index in [4.69, 9.17) is 17.3 Å². The Kier molecular flexibility index (Phi) is 3.43. The fourth-order valence-corrected chi connectivity index (χ4v) is 1.58. The maximum atomic E-state index is 11.9. The molecule has 0 bridgehead atoms. The van der Waals surface area contributed by atoms with E-state index in [-0.39, 0.29) is 11.5 Å². The number of nitrogens with zero attached hydrogens (tertiary/aromatic N) is 2. The summed E-state index contributed by atoms with van der Waals surface area (Å²) in [6.45, 7) is 1.91. The van der Waals surface area contributed by atoms with Crippen LogP contribution in [0.5, 0.6) is 0 Å². The molecule has 1 amide bonds. The highest BCUT2D eigenvalue weighted by Gasteiger charge is 2.10. The SMILES string of the molecule is Cc1ccc(Cl)c(NC(=O)c2cncc(N)n2)c1. The molecule has 2 aromatic rings. The molecule has 0 spiro atoms. The summed E-state index contributed by atoms with van der Waals surface area (Å²) in [5, 5.41) is 3.13. The molecule has 2 rings (SSSR count). The number of carbonyl (C=O) groups excluding carboxylic acids is 1. The lowest BCUT2D eigenvalue weighted by molar-refractivity contribution is 0.102. The third-order valence-electron chi connectivity index (χ3n) is 2.26. The van der Waals surface area contributed by atoms with E-state index in [1.54, 1.807) is 12.1 Å². The minimum atomic E-state index is -0.401. The van der Waals surface area contributed by atoms with Crippen molar-refractivity contribution in [3.05, 3.63) is 46.9 Å². The molecule has 0 radical (unpaired) electrons. The number of hydrogen-bond donors (Lipinski definition) is 2. The van der Waals surface area contributed by atoms with Crippen LogP contribution in [0, 0.1) is 6.92 Å². The molecule has 1 heterocycles. The van der Waals surface area contributed by atoms with Crippen molar-refractivity contribution in [1.29, 1.82) is 0 Å². The predicted molar refractivity (Wildman–Crippen MR) is 70.6 cm³/mol. The van der Waals surface area contributed by atoms with E-state index in [1.165, 1.54) is 12.4 Å². The van der Waals surface area contributed by atoms with Gasteiger partial charge in [-0.25, -0.2) is 4.98 Å². The Morgan fingerprint density at radius 2 is 2.17 bits per heavy atom. The van der Waals surface area contributed by atoms with Gasteiger partial charge in [0.25, 0.3) is 5.91 Å². The number of aryl methyl sites for hydroxylation is 1. The maximum absolute atomic E-state index is 11.9. The molecule has 6 heteroatoms. The summed E-state index contributed by atoms with van der Waals surface area (Å²) < 4.78 is 0. The normalized spacial score (nSPS) is 10.1. The third kappa shape index (κ3) is 2.75. The van der Waals surface area contributed by atoms with Crippen molar-refractivity contribution in [2.75, 3.05) is 11.1 Å². The molecule has 0 aliphatic rings. The lowest BCUT2D eigenvalue weighted by Gasteiger charge is -2.07. The van der Waals surface area contributed by atoms with Gasteiger partial charge in [0.05, 0.1) is 23.1 Å². The summed E-state index contributed by atoms with van der Waals surface area (Å²) in [5.41, 5.74) is 7.14. The monoisotopic (exact) mass is 262 g/mol. The van der Waals surface area contributed by atoms with Crippen LogP contribution in [0.15, 0.2) is 30.6 Å². The Labute approximate surface area is 109 Å². The number of carbonyl (C=O) groups is 1. The van der Waals surface area contributed by atoms with Crippen LogP contribution >= 0.6 is 11.6 Å². The van der Waals surface area contributed by atoms with E-state index in [0.29, 0.717) is 10.7 Å². The second kappa shape index (κ2) is 5.01. The number of anilines is 2. The topological polar surface area (TPSA) is 80.9 Å². The van der Waals surface area contributed by atoms with Gasteiger partial charge in [-0.1, -0.05) is 17.7 Å². The molecule has 1 aromatic carbocycles. The van der Waals surface area contributed by atoms with Gasteiger partial charge in [-0.3, -0.25) is 9.78 Å². The first-order chi connectivity index (χ1) is 8.56. The van der Waals surface area contributed by atoms with Crippen LogP contribution in [0.4, 0.5) is 11.5 Å². The number of amides is 1. The van der Waals surface area contributed by atoms with Gasteiger partial charge >= 0.3 is 0 Å². The lowest BCUT2D eigenvalue weighted by Crippen LogP contribution is -2.15. The van der Waals surface area contributed by atoms with Crippen molar-refractivity contribution < 1.29 is 4.79 Å². The van der Waals surface area contributed by atoms with Gasteiger partial charge in [-0.05, 0) is 24.6 Å². The average Bonchev–Trinajstić information content (AvgIpc) is 2.34. The maximum Gasteiger partial charge on any atom is 0.275 e. The van der Waals surface area contributed by atoms with Gasteiger partial charge in [0.15, 0.2) is 0 Å². The molecule has 0 saturated carbocycles. The van der Waals surface area contributed by atoms with Gasteiger partial charge in [-0.15, -0.1) is 0 Å². The molecule has 5 nitrogen and oxygen atoms in total. The molecule has 0 fully saturated rings. The Morgan fingerprint density at radius 1 is 1.39 bits per heavy atom. The van der Waals surface area contributed by atoms with Crippen molar-refractivity contribution >= 4 is 29.0 Å². The van der Waals surface area contributed by atoms with E-state index in [1.807, 2.05) is 13.0 Å². The van der Waals surface area contributed by atoms with Crippen molar-refractivity contribution in [2.24, 2.45) is 0 Å². The first kappa shape index (κ1) is 12.3. The third-order valence-corrected chi connectivity index (χ3v) is 2.59. The Morgan fingerprint density at radius 3 is 2.89 bits per heavy atom. The zero-order valence-corrected chi connectivity index (χ0v) is 10.4. The highest BCUT2D eigenvalue weighted by molar-refractivity contribution is 6.33. The smallest absolute Gasteiger partial charge is 0.275 e. The Hall–Kier alpha value is -2.14. The number of nitrogens with two attached hydrogens (primary N) is 1. The van der Waals surface area contributed by atoms with E-state index in [0.717, 1.165) is 5.56 Å². The summed E-state index contributed by atoms with van der Waals surface area (Å²) in [5.74, 6) is -0.208. The minimum Gasteiger partial charge on any atom is -0.382 e. The van der Waals surface area contributed by atoms with Crippen LogP contribution in [0.25, 0.3) is 0 Å². The minimum absolute atomic E-state index is 0.146. The zero-order chi connectivity index (χ0) is 13.1. The molecule has 0 atom stereocenters. The van der Waals surface area contributed by atoms with Crippen molar-refractivity contribution in [3.63, 3.8) is 0 Å². The number of aromatic nitrogens is 2. The molecule has 3 N–H and O–H groups in total. The second-order valence-corrected chi connectivity index (χ2v) is 4.17. The summed E-state index contributed by atoms with van der Waals surface area (Å²) in [7, 11) is 0. The van der Waals surface area contributed by atoms with E-state index in [9.17, 15) is 4.79 Å². The van der Waals surface area contributed by atoms with Crippen molar-refractivity contribution in [2.45, 2.75) is 6.92 Å². The standard InChI is InChI=1S/C12H11ClN4O/c1-7-2-3-8(13)9(4-7)17-12(18)10-5-15-6-11(14)16-10/h2-6H,1H3,(H2,14,16)(H,17,18). The fraction of sp³-hybridized carbons (Fsp3) is 0.0833. The molecule has 18 heavy (non-hydrogen) atoms. The van der Waals surface area contributed by atoms with Crippen LogP contribution in [0.2, 0.25) is 5.02 Å². The number of nitrogens with one attached hydrogen (secondary N) is 1. The first-order valence-corrected chi connectivity index (χ1v) is 5.59. The highest BCUT2D eigenvalue weighted by atomic mass is 35.5. The molecule has 0 aliphatic heterocycles. The molecular formula is C12H11ClN4O. The largest absolute Gasteiger partial charge is 0.382 e. The molecule has 92 valence electrons. The van der Waals surface area contributed by atoms with Crippen molar-refractivity contribution in [1.82, 2.24) is 9.97 Å². The Bertz CT molecular complexity index is 600. The molecule has 0 saturated heterocycles. The summed E-state index contributed by atoms with van der Waals surface area (Å²) in [6.07, 6.45) is 2.71. The average molecular weight is 263 g/mol. The number of halogens is 1. The van der Waals surface area contributed by atoms with E-state index in [2.05, 4.69) is 15.3 Å². The molecule has 0 unspecified atom stereocenters. The van der Waals surface area contributed by atoms with Crippen molar-refractivity contribution in [3.8, 4) is 0 Å². The number of rotatable bonds is 2. The summed E-state index contributed by atoms with van der Waals surface area (Å²) >= 11 is 5.98. The van der Waals surface area contributed by atoms with Crippen LogP contribution in [0.3, 0.4) is 0 Å². The van der Waals surface area contributed by atoms with Crippen LogP contribution in [0.1, 0.15) is 16.1 Å². The first-order valence-electron chi connectivity index (χ1n) is 5.21. The molecule has 1 aromatic heterocycles. The number of hydrogen-bond acceptors (Lipinski definition) is 4. The quantitative estimate of drug-likeness (QED) is 0.870. The molecular weight excluding hydrogens is 252 g/mol. The van der Waals surface area contributed by atoms with Gasteiger partial charge in [0.2, 0.25) is 0 Å². The zero-order valence-electron chi connectivity index (χ0n) is 9.64. The lowest BCUT2D eigenvalue weighted by atomic mass is 10.2. The number of benzene rings is 1. The summed E-state index contributed by atoms with van der Waals surface area (Å²) in [6, 6.07) is 5.36. The van der Waals surface area contributed by atoms with Gasteiger partial charge in [-0.2, -0.15) is 0 Å². The van der Waals surface area contributed by atoms with Crippen LogP contribution in [-0.4, -0.2) is 15.9 Å². The molecule has 0 aliphatic carbocycles. The van der Waals surface area contributed by atoms with Gasteiger partial charge < -0.3 is 11.1 Å². The Balaban J connectivity index is 2.24. The van der Waals surface area contributed by atoms with Gasteiger partial charge in [0, 0.05) is 0 Å². The fourth-order valence-electron chi connectivity index (χ4n) is 1.41. The van der Waals surface area contributed by atoms with Crippen LogP contribution in [-0.2, 0) is 0 Å². The van der Waals surface area contributed by atoms with E-state index >= 15 is 0 Å². The van der Waals surface area contributed by atoms with Crippen LogP contribution < -0.4 is 11.1 Å². The van der Waals surface area contributed by atoms with E-state index < -0.39 is 5.91 Å². The highest BCUT2D eigenvalue weighted by Crippen LogP contribution is 2.23. The number of nitrogen functional groups attached to an aromatic ring is 1. The second-order valence-electron chi connectivity index (χ2n) is 3.77. The summed E-state index contributed by atoms with van der Waals surface area (Å²) in [4.78, 5) is 19.6. The van der Waals surface area contributed by atoms with Gasteiger partial charge in [0.1, 0.15) is 11.5 Å².